The predicted molar refractivity (Wildman–Crippen MR) is 77.9 cm³/mol. The van der Waals surface area contributed by atoms with E-state index >= 15 is 0 Å². The van der Waals surface area contributed by atoms with E-state index in [2.05, 4.69) is 24.3 Å². The molecule has 2 aromatic rings. The van der Waals surface area contributed by atoms with Gasteiger partial charge in [0, 0.05) is 5.92 Å². The van der Waals surface area contributed by atoms with Crippen LogP contribution in [0.2, 0.25) is 10.0 Å². The molecule has 0 saturated carbocycles. The van der Waals surface area contributed by atoms with Crippen LogP contribution in [0.25, 0.3) is 0 Å². The fourth-order valence-corrected chi connectivity index (χ4v) is 3.14. The molecule has 0 N–H and O–H groups in total. The maximum Gasteiger partial charge on any atom is 0.0657 e. The first-order valence-electron chi connectivity index (χ1n) is 5.83. The van der Waals surface area contributed by atoms with Gasteiger partial charge in [-0.1, -0.05) is 53.5 Å². The summed E-state index contributed by atoms with van der Waals surface area (Å²) in [5.41, 5.74) is 3.78. The highest BCUT2D eigenvalue weighted by Crippen LogP contribution is 2.47. The molecule has 1 aliphatic rings. The van der Waals surface area contributed by atoms with Crippen molar-refractivity contribution >= 4 is 34.8 Å². The molecule has 2 aromatic carbocycles. The molecule has 3 heteroatoms. The van der Waals surface area contributed by atoms with Gasteiger partial charge in [0.25, 0.3) is 0 Å². The molecule has 0 aromatic heterocycles. The van der Waals surface area contributed by atoms with Crippen molar-refractivity contribution in [3.8, 4) is 0 Å². The number of alkyl halides is 1. The molecular formula is C15H11Cl3. The summed E-state index contributed by atoms with van der Waals surface area (Å²) in [5, 5.41) is 1.08. The fraction of sp³-hybridized carbons (Fsp3) is 0.200. The Labute approximate surface area is 121 Å². The molecule has 0 spiro atoms. The van der Waals surface area contributed by atoms with Gasteiger partial charge in [0.05, 0.1) is 15.4 Å². The molecule has 3 rings (SSSR count). The summed E-state index contributed by atoms with van der Waals surface area (Å²) in [4.78, 5) is 0. The fourth-order valence-electron chi connectivity index (χ4n) is 2.47. The zero-order valence-electron chi connectivity index (χ0n) is 9.54. The lowest BCUT2D eigenvalue weighted by atomic mass is 9.74. The molecule has 18 heavy (non-hydrogen) atoms. The lowest BCUT2D eigenvalue weighted by molar-refractivity contribution is 0.587. The van der Waals surface area contributed by atoms with Crippen molar-refractivity contribution in [3.63, 3.8) is 0 Å². The second kappa shape index (κ2) is 4.77. The minimum absolute atomic E-state index is 0.0466. The van der Waals surface area contributed by atoms with Gasteiger partial charge in [-0.2, -0.15) is 0 Å². The first-order chi connectivity index (χ1) is 8.66. The van der Waals surface area contributed by atoms with E-state index in [9.17, 15) is 0 Å². The molecule has 92 valence electrons. The summed E-state index contributed by atoms with van der Waals surface area (Å²) in [7, 11) is 0. The quantitative estimate of drug-likeness (QED) is 0.632. The smallest absolute Gasteiger partial charge is 0.0657 e. The summed E-state index contributed by atoms with van der Waals surface area (Å²) in [5.74, 6) is 0.375. The van der Waals surface area contributed by atoms with Crippen LogP contribution < -0.4 is 0 Å². The van der Waals surface area contributed by atoms with Crippen LogP contribution >= 0.6 is 34.8 Å². The highest BCUT2D eigenvalue weighted by molar-refractivity contribution is 6.42. The van der Waals surface area contributed by atoms with Crippen LogP contribution in [-0.4, -0.2) is 0 Å². The van der Waals surface area contributed by atoms with Gasteiger partial charge in [-0.3, -0.25) is 0 Å². The molecular weight excluding hydrogens is 287 g/mol. The monoisotopic (exact) mass is 296 g/mol. The van der Waals surface area contributed by atoms with Crippen molar-refractivity contribution in [2.24, 2.45) is 0 Å². The summed E-state index contributed by atoms with van der Waals surface area (Å²) in [6, 6.07) is 14.1. The van der Waals surface area contributed by atoms with Crippen molar-refractivity contribution < 1.29 is 0 Å². The molecule has 0 amide bonds. The predicted octanol–water partition coefficient (Wildman–Crippen LogP) is 5.61. The average Bonchev–Trinajstić information content (AvgIpc) is 2.34. The van der Waals surface area contributed by atoms with Crippen molar-refractivity contribution in [1.29, 1.82) is 0 Å². The van der Waals surface area contributed by atoms with Crippen LogP contribution in [0.15, 0.2) is 42.5 Å². The van der Waals surface area contributed by atoms with Crippen LogP contribution in [0.3, 0.4) is 0 Å². The summed E-state index contributed by atoms with van der Waals surface area (Å²) < 4.78 is 0. The van der Waals surface area contributed by atoms with Crippen molar-refractivity contribution in [2.75, 3.05) is 0 Å². The Morgan fingerprint density at radius 2 is 1.78 bits per heavy atom. The van der Waals surface area contributed by atoms with E-state index in [1.54, 1.807) is 6.07 Å². The first-order valence-corrected chi connectivity index (χ1v) is 7.03. The average molecular weight is 298 g/mol. The summed E-state index contributed by atoms with van der Waals surface area (Å²) >= 11 is 18.5. The van der Waals surface area contributed by atoms with Gasteiger partial charge in [0.15, 0.2) is 0 Å². The Kier molecular flexibility index (Phi) is 3.27. The highest BCUT2D eigenvalue weighted by atomic mass is 35.5. The van der Waals surface area contributed by atoms with E-state index < -0.39 is 0 Å². The number of fused-ring (bicyclic) bond motifs is 1. The Morgan fingerprint density at radius 3 is 2.50 bits per heavy atom. The third-order valence-electron chi connectivity index (χ3n) is 3.51. The van der Waals surface area contributed by atoms with Crippen LogP contribution in [0.1, 0.15) is 28.0 Å². The van der Waals surface area contributed by atoms with E-state index in [0.29, 0.717) is 16.0 Å². The molecule has 0 bridgehead atoms. The first kappa shape index (κ1) is 12.3. The Bertz CT molecular complexity index is 592. The zero-order valence-corrected chi connectivity index (χ0v) is 11.8. The lowest BCUT2D eigenvalue weighted by Crippen LogP contribution is -2.20. The van der Waals surface area contributed by atoms with Crippen LogP contribution in [0.5, 0.6) is 0 Å². The number of hydrogen-bond acceptors (Lipinski definition) is 0. The maximum absolute atomic E-state index is 6.56. The van der Waals surface area contributed by atoms with Crippen LogP contribution in [0.4, 0.5) is 0 Å². The molecule has 0 nitrogen and oxygen atoms in total. The van der Waals surface area contributed by atoms with Gasteiger partial charge >= 0.3 is 0 Å². The second-order valence-corrected chi connectivity index (χ2v) is 5.87. The lowest BCUT2D eigenvalue weighted by Gasteiger charge is -2.33. The zero-order chi connectivity index (χ0) is 12.7. The van der Waals surface area contributed by atoms with Gasteiger partial charge in [0.2, 0.25) is 0 Å². The van der Waals surface area contributed by atoms with E-state index in [1.807, 2.05) is 12.1 Å². The molecule has 0 saturated heterocycles. The van der Waals surface area contributed by atoms with Crippen molar-refractivity contribution in [2.45, 2.75) is 17.7 Å². The van der Waals surface area contributed by atoms with Crippen molar-refractivity contribution in [1.82, 2.24) is 0 Å². The van der Waals surface area contributed by atoms with E-state index in [0.717, 1.165) is 12.0 Å². The van der Waals surface area contributed by atoms with Gasteiger partial charge in [-0.15, -0.1) is 11.6 Å². The molecule has 2 unspecified atom stereocenters. The van der Waals surface area contributed by atoms with Gasteiger partial charge in [0.1, 0.15) is 0 Å². The number of halogens is 3. The molecule has 2 atom stereocenters. The van der Waals surface area contributed by atoms with Crippen LogP contribution in [0, 0.1) is 0 Å². The molecule has 0 radical (unpaired) electrons. The van der Waals surface area contributed by atoms with Gasteiger partial charge in [-0.25, -0.2) is 0 Å². The highest BCUT2D eigenvalue weighted by Gasteiger charge is 2.32. The maximum atomic E-state index is 6.56. The number of hydrogen-bond donors (Lipinski definition) is 0. The minimum Gasteiger partial charge on any atom is -0.117 e. The van der Waals surface area contributed by atoms with Crippen LogP contribution in [-0.2, 0) is 6.42 Å². The van der Waals surface area contributed by atoms with E-state index in [1.165, 1.54) is 11.1 Å². The normalized spacial score (nSPS) is 18.9. The van der Waals surface area contributed by atoms with E-state index in [-0.39, 0.29) is 5.38 Å². The minimum atomic E-state index is -0.0466. The largest absolute Gasteiger partial charge is 0.117 e. The van der Waals surface area contributed by atoms with Gasteiger partial charge < -0.3 is 0 Å². The summed E-state index contributed by atoms with van der Waals surface area (Å²) in [6.07, 6.45) is 1.03. The molecule has 1 aliphatic carbocycles. The number of benzene rings is 2. The number of rotatable bonds is 2. The SMILES string of the molecule is Clc1ccc(C(Cl)C2Cc3ccccc32)cc1Cl. The van der Waals surface area contributed by atoms with Gasteiger partial charge in [-0.05, 0) is 35.2 Å². The van der Waals surface area contributed by atoms with Crippen molar-refractivity contribution in [3.05, 3.63) is 69.2 Å². The topological polar surface area (TPSA) is 0 Å². The Balaban J connectivity index is 1.88. The Morgan fingerprint density at radius 1 is 1.00 bits per heavy atom. The molecule has 0 fully saturated rings. The molecule has 0 aliphatic heterocycles. The second-order valence-electron chi connectivity index (χ2n) is 4.58. The molecule has 0 heterocycles. The standard InChI is InChI=1S/C15H11Cl3/c16-13-6-5-10(8-14(13)17)15(18)12-7-9-3-1-2-4-11(9)12/h1-6,8,12,15H,7H2. The Hall–Kier alpha value is -0.690. The third-order valence-corrected chi connectivity index (χ3v) is 4.80. The van der Waals surface area contributed by atoms with E-state index in [4.69, 9.17) is 34.8 Å². The summed E-state index contributed by atoms with van der Waals surface area (Å²) in [6.45, 7) is 0. The third kappa shape index (κ3) is 2.03.